The lowest BCUT2D eigenvalue weighted by atomic mass is 9.87. The van der Waals surface area contributed by atoms with E-state index < -0.39 is 0 Å². The second-order valence-corrected chi connectivity index (χ2v) is 5.93. The molecule has 0 heterocycles. The van der Waals surface area contributed by atoms with Gasteiger partial charge in [0, 0.05) is 17.6 Å². The van der Waals surface area contributed by atoms with E-state index in [-0.39, 0.29) is 11.5 Å². The average molecular weight is 286 g/mol. The molecule has 0 spiro atoms. The normalized spacial score (nSPS) is 14.1. The van der Waals surface area contributed by atoms with Gasteiger partial charge in [-0.3, -0.25) is 4.79 Å². The first kappa shape index (κ1) is 15.8. The minimum atomic E-state index is 0.137. The molecule has 0 unspecified atom stereocenters. The number of allylic oxidation sites excluding steroid dienone is 1. The van der Waals surface area contributed by atoms with E-state index in [1.165, 1.54) is 25.7 Å². The Morgan fingerprint density at radius 1 is 1.05 bits per heavy atom. The van der Waals surface area contributed by atoms with Crippen molar-refractivity contribution in [2.75, 3.05) is 0 Å². The summed E-state index contributed by atoms with van der Waals surface area (Å²) in [6.07, 6.45) is 9.21. The molecule has 114 valence electrons. The summed E-state index contributed by atoms with van der Waals surface area (Å²) >= 11 is 0. The molecule has 1 N–H and O–H groups in total. The largest absolute Gasteiger partial charge is 0.507 e. The van der Waals surface area contributed by atoms with Crippen molar-refractivity contribution in [2.24, 2.45) is 0 Å². The van der Waals surface area contributed by atoms with Gasteiger partial charge < -0.3 is 5.11 Å². The topological polar surface area (TPSA) is 37.3 Å². The predicted molar refractivity (Wildman–Crippen MR) is 87.3 cm³/mol. The molecule has 0 amide bonds. The third kappa shape index (κ3) is 4.20. The van der Waals surface area contributed by atoms with Gasteiger partial charge >= 0.3 is 0 Å². The summed E-state index contributed by atoms with van der Waals surface area (Å²) in [6, 6.07) is 7.83. The number of aliphatic hydroxyl groups excluding tert-OH is 1. The number of carbonyl (C=O) groups is 1. The van der Waals surface area contributed by atoms with Gasteiger partial charge in [0.15, 0.2) is 5.78 Å². The number of rotatable bonds is 8. The Hall–Kier alpha value is -1.57. The van der Waals surface area contributed by atoms with E-state index in [0.29, 0.717) is 18.4 Å². The monoisotopic (exact) mass is 286 g/mol. The van der Waals surface area contributed by atoms with Crippen molar-refractivity contribution >= 4 is 11.5 Å². The van der Waals surface area contributed by atoms with Crippen LogP contribution in [0.3, 0.4) is 0 Å². The van der Waals surface area contributed by atoms with Crippen LogP contribution in [0.5, 0.6) is 0 Å². The molecule has 1 aromatic carbocycles. The van der Waals surface area contributed by atoms with E-state index in [1.54, 1.807) is 0 Å². The van der Waals surface area contributed by atoms with E-state index in [0.717, 1.165) is 30.4 Å². The van der Waals surface area contributed by atoms with Crippen LogP contribution in [0.4, 0.5) is 0 Å². The first-order chi connectivity index (χ1) is 10.2. The van der Waals surface area contributed by atoms with Crippen molar-refractivity contribution in [3.63, 3.8) is 0 Å². The molecule has 0 aliphatic heterocycles. The van der Waals surface area contributed by atoms with Gasteiger partial charge in [-0.2, -0.15) is 0 Å². The van der Waals surface area contributed by atoms with Gasteiger partial charge in [-0.15, -0.1) is 0 Å². The third-order valence-electron chi connectivity index (χ3n) is 4.30. The lowest BCUT2D eigenvalue weighted by molar-refractivity contribution is -0.115. The second-order valence-electron chi connectivity index (χ2n) is 5.93. The maximum atomic E-state index is 12.3. The average Bonchev–Trinajstić information content (AvgIpc) is 2.51. The molecule has 0 bridgehead atoms. The Morgan fingerprint density at radius 3 is 2.57 bits per heavy atom. The highest BCUT2D eigenvalue weighted by atomic mass is 16.3. The van der Waals surface area contributed by atoms with Crippen LogP contribution in [0.1, 0.15) is 69.4 Å². The molecule has 1 aromatic rings. The van der Waals surface area contributed by atoms with Crippen molar-refractivity contribution in [1.29, 1.82) is 0 Å². The van der Waals surface area contributed by atoms with Crippen LogP contribution in [-0.4, -0.2) is 10.9 Å². The number of fused-ring (bicyclic) bond motifs is 1. The van der Waals surface area contributed by atoms with Crippen molar-refractivity contribution in [3.05, 3.63) is 41.0 Å². The highest BCUT2D eigenvalue weighted by Gasteiger charge is 2.22. The number of hydrogen-bond acceptors (Lipinski definition) is 2. The van der Waals surface area contributed by atoms with Crippen LogP contribution in [-0.2, 0) is 11.2 Å². The second kappa shape index (κ2) is 8.02. The smallest absolute Gasteiger partial charge is 0.162 e. The summed E-state index contributed by atoms with van der Waals surface area (Å²) in [4.78, 5) is 12.3. The molecule has 2 nitrogen and oxygen atoms in total. The zero-order valence-electron chi connectivity index (χ0n) is 13.0. The van der Waals surface area contributed by atoms with E-state index in [2.05, 4.69) is 6.92 Å². The number of aliphatic hydroxyl groups is 1. The van der Waals surface area contributed by atoms with Gasteiger partial charge in [0.1, 0.15) is 5.76 Å². The summed E-state index contributed by atoms with van der Waals surface area (Å²) in [5.74, 6) is 0.352. The fraction of sp³-hybridized carbons (Fsp3) is 0.526. The molecular weight excluding hydrogens is 260 g/mol. The van der Waals surface area contributed by atoms with Gasteiger partial charge in [-0.05, 0) is 24.8 Å². The number of carbonyl (C=O) groups excluding carboxylic acids is 1. The van der Waals surface area contributed by atoms with Gasteiger partial charge in [0.2, 0.25) is 0 Å². The lowest BCUT2D eigenvalue weighted by Gasteiger charge is -2.18. The maximum absolute atomic E-state index is 12.3. The Morgan fingerprint density at radius 2 is 1.76 bits per heavy atom. The zero-order chi connectivity index (χ0) is 15.1. The highest BCUT2D eigenvalue weighted by molar-refractivity contribution is 6.02. The molecule has 0 saturated heterocycles. The first-order valence-electron chi connectivity index (χ1n) is 8.27. The van der Waals surface area contributed by atoms with Gasteiger partial charge in [-0.1, -0.05) is 63.3 Å². The van der Waals surface area contributed by atoms with Gasteiger partial charge in [-0.25, -0.2) is 0 Å². The van der Waals surface area contributed by atoms with Crippen LogP contribution in [0.2, 0.25) is 0 Å². The van der Waals surface area contributed by atoms with E-state index in [9.17, 15) is 9.90 Å². The van der Waals surface area contributed by atoms with Crippen molar-refractivity contribution in [3.8, 4) is 0 Å². The SMILES string of the molecule is CCCCCCCCC(=O)C1=C(O)c2ccccc2CC1. The van der Waals surface area contributed by atoms with Gasteiger partial charge in [0.05, 0.1) is 0 Å². The fourth-order valence-corrected chi connectivity index (χ4v) is 3.00. The van der Waals surface area contributed by atoms with Crippen molar-refractivity contribution < 1.29 is 9.90 Å². The minimum absolute atomic E-state index is 0.137. The number of aryl methyl sites for hydroxylation is 1. The van der Waals surface area contributed by atoms with Gasteiger partial charge in [0.25, 0.3) is 0 Å². The molecule has 1 aliphatic carbocycles. The quantitative estimate of drug-likeness (QED) is 0.665. The van der Waals surface area contributed by atoms with Crippen LogP contribution < -0.4 is 0 Å². The molecule has 0 aromatic heterocycles. The minimum Gasteiger partial charge on any atom is -0.507 e. The van der Waals surface area contributed by atoms with Crippen molar-refractivity contribution in [2.45, 2.75) is 64.7 Å². The first-order valence-corrected chi connectivity index (χ1v) is 8.27. The third-order valence-corrected chi connectivity index (χ3v) is 4.30. The molecule has 1 aliphatic rings. The molecule has 0 atom stereocenters. The number of unbranched alkanes of at least 4 members (excludes halogenated alkanes) is 5. The molecule has 0 saturated carbocycles. The predicted octanol–water partition coefficient (Wildman–Crippen LogP) is 5.22. The molecule has 21 heavy (non-hydrogen) atoms. The molecular formula is C19H26O2. The van der Waals surface area contributed by atoms with Crippen molar-refractivity contribution in [1.82, 2.24) is 0 Å². The Bertz CT molecular complexity index is 514. The highest BCUT2D eigenvalue weighted by Crippen LogP contribution is 2.30. The molecule has 2 heteroatoms. The summed E-state index contributed by atoms with van der Waals surface area (Å²) < 4.78 is 0. The Labute approximate surface area is 127 Å². The van der Waals surface area contributed by atoms with Crippen LogP contribution in [0, 0.1) is 0 Å². The summed E-state index contributed by atoms with van der Waals surface area (Å²) in [6.45, 7) is 2.21. The summed E-state index contributed by atoms with van der Waals surface area (Å²) in [7, 11) is 0. The number of Topliss-reactive ketones (excluding diaryl/α,β-unsaturated/α-hetero) is 1. The fourth-order valence-electron chi connectivity index (χ4n) is 3.00. The van der Waals surface area contributed by atoms with Crippen LogP contribution in [0.25, 0.3) is 5.76 Å². The molecule has 2 rings (SSSR count). The van der Waals surface area contributed by atoms with E-state index >= 15 is 0 Å². The Balaban J connectivity index is 1.88. The lowest BCUT2D eigenvalue weighted by Crippen LogP contribution is -2.12. The Kier molecular flexibility index (Phi) is 6.04. The number of ketones is 1. The molecule has 0 radical (unpaired) electrons. The van der Waals surface area contributed by atoms with Crippen LogP contribution in [0.15, 0.2) is 29.8 Å². The number of benzene rings is 1. The molecule has 0 fully saturated rings. The van der Waals surface area contributed by atoms with E-state index in [4.69, 9.17) is 0 Å². The standard InChI is InChI=1S/C19H26O2/c1-2-3-4-5-6-7-12-18(20)17-14-13-15-10-8-9-11-16(15)19(17)21/h8-11,21H,2-7,12-14H2,1H3. The van der Waals surface area contributed by atoms with Crippen LogP contribution >= 0.6 is 0 Å². The van der Waals surface area contributed by atoms with E-state index in [1.807, 2.05) is 24.3 Å². The maximum Gasteiger partial charge on any atom is 0.162 e. The summed E-state index contributed by atoms with van der Waals surface area (Å²) in [5.41, 5.74) is 2.63. The summed E-state index contributed by atoms with van der Waals surface area (Å²) in [5, 5.41) is 10.3. The zero-order valence-corrected chi connectivity index (χ0v) is 13.0. The number of hydrogen-bond donors (Lipinski definition) is 1.